The molecule has 4 aromatic rings. The zero-order valence-corrected chi connectivity index (χ0v) is 18.2. The van der Waals surface area contributed by atoms with Crippen LogP contribution >= 0.6 is 11.3 Å². The topological polar surface area (TPSA) is 90.7 Å². The number of rotatable bonds is 6. The first-order chi connectivity index (χ1) is 15.6. The summed E-state index contributed by atoms with van der Waals surface area (Å²) in [4.78, 5) is 29.0. The molecule has 5 rings (SSSR count). The molecule has 1 aliphatic rings. The van der Waals surface area contributed by atoms with Crippen LogP contribution in [0.5, 0.6) is 11.5 Å². The maximum atomic E-state index is 12.4. The fraction of sp³-hybridized carbons (Fsp3) is 0.208. The van der Waals surface area contributed by atoms with Gasteiger partial charge in [0, 0.05) is 28.0 Å². The lowest BCUT2D eigenvalue weighted by molar-refractivity contribution is -0.118. The summed E-state index contributed by atoms with van der Waals surface area (Å²) < 4.78 is 16.4. The van der Waals surface area contributed by atoms with Crippen LogP contribution in [0.2, 0.25) is 0 Å². The van der Waals surface area contributed by atoms with E-state index in [-0.39, 0.29) is 18.1 Å². The molecule has 0 spiro atoms. The number of amides is 1. The number of hydrogen-bond acceptors (Lipinski definition) is 7. The summed E-state index contributed by atoms with van der Waals surface area (Å²) >= 11 is 1.32. The molecule has 0 aliphatic heterocycles. The molecule has 0 atom stereocenters. The molecule has 2 heterocycles. The highest BCUT2D eigenvalue weighted by molar-refractivity contribution is 7.14. The van der Waals surface area contributed by atoms with E-state index < -0.39 is 0 Å². The average Bonchev–Trinajstić information content (AvgIpc) is 3.48. The second-order valence-electron chi connectivity index (χ2n) is 7.43. The summed E-state index contributed by atoms with van der Waals surface area (Å²) in [5, 5.41) is 6.01. The highest BCUT2D eigenvalue weighted by Gasteiger charge is 2.20. The molecule has 1 amide bonds. The molecule has 0 bridgehead atoms. The van der Waals surface area contributed by atoms with E-state index in [2.05, 4.69) is 10.3 Å². The van der Waals surface area contributed by atoms with Crippen LogP contribution in [0.4, 0.5) is 5.13 Å². The number of carbonyl (C=O) groups is 1. The summed E-state index contributed by atoms with van der Waals surface area (Å²) in [6, 6.07) is 12.9. The van der Waals surface area contributed by atoms with Crippen LogP contribution in [0.1, 0.15) is 17.5 Å². The number of thiazole rings is 1. The van der Waals surface area contributed by atoms with Crippen molar-refractivity contribution in [2.45, 2.75) is 19.3 Å². The first-order valence-corrected chi connectivity index (χ1v) is 11.1. The van der Waals surface area contributed by atoms with Crippen molar-refractivity contribution in [3.63, 3.8) is 0 Å². The van der Waals surface area contributed by atoms with E-state index in [1.807, 2.05) is 35.7 Å². The minimum absolute atomic E-state index is 0.190. The fourth-order valence-corrected chi connectivity index (χ4v) is 4.70. The van der Waals surface area contributed by atoms with Gasteiger partial charge < -0.3 is 13.9 Å². The number of ether oxygens (including phenoxy) is 2. The van der Waals surface area contributed by atoms with Gasteiger partial charge in [0.15, 0.2) is 11.7 Å². The predicted octanol–water partition coefficient (Wildman–Crippen LogP) is 4.43. The van der Waals surface area contributed by atoms with Crippen LogP contribution in [0.3, 0.4) is 0 Å². The molecule has 7 nitrogen and oxygen atoms in total. The number of benzene rings is 2. The van der Waals surface area contributed by atoms with Crippen molar-refractivity contribution >= 4 is 33.3 Å². The Kier molecular flexibility index (Phi) is 5.36. The van der Waals surface area contributed by atoms with Crippen molar-refractivity contribution in [3.05, 3.63) is 69.4 Å². The number of hydrogen-bond donors (Lipinski definition) is 1. The van der Waals surface area contributed by atoms with E-state index in [0.29, 0.717) is 22.2 Å². The zero-order valence-electron chi connectivity index (χ0n) is 17.3. The largest absolute Gasteiger partial charge is 0.496 e. The highest BCUT2D eigenvalue weighted by atomic mass is 32.1. The second kappa shape index (κ2) is 8.47. The predicted molar refractivity (Wildman–Crippen MR) is 123 cm³/mol. The second-order valence-corrected chi connectivity index (χ2v) is 8.29. The van der Waals surface area contributed by atoms with Gasteiger partial charge in [-0.2, -0.15) is 0 Å². The first-order valence-electron chi connectivity index (χ1n) is 10.2. The third kappa shape index (κ3) is 3.85. The van der Waals surface area contributed by atoms with E-state index in [0.717, 1.165) is 47.0 Å². The lowest BCUT2D eigenvalue weighted by Crippen LogP contribution is -2.20. The number of fused-ring (bicyclic) bond motifs is 3. The third-order valence-electron chi connectivity index (χ3n) is 5.45. The smallest absolute Gasteiger partial charge is 0.339 e. The van der Waals surface area contributed by atoms with Crippen LogP contribution in [0.15, 0.2) is 57.1 Å². The maximum absolute atomic E-state index is 12.4. The Labute approximate surface area is 187 Å². The van der Waals surface area contributed by atoms with Gasteiger partial charge in [0.2, 0.25) is 0 Å². The van der Waals surface area contributed by atoms with Gasteiger partial charge in [0.25, 0.3) is 5.91 Å². The molecule has 2 aromatic carbocycles. The lowest BCUT2D eigenvalue weighted by atomic mass is 10.1. The van der Waals surface area contributed by atoms with E-state index in [4.69, 9.17) is 13.9 Å². The Balaban J connectivity index is 1.26. The quantitative estimate of drug-likeness (QED) is 0.439. The van der Waals surface area contributed by atoms with Crippen molar-refractivity contribution in [2.24, 2.45) is 0 Å². The number of aromatic nitrogens is 1. The number of aryl methyl sites for hydroxylation is 1. The Morgan fingerprint density at radius 3 is 2.91 bits per heavy atom. The molecule has 32 heavy (non-hydrogen) atoms. The number of carbonyl (C=O) groups excluding carboxylic acids is 1. The standard InChI is InChI=1S/C24H20N2O5S/c1-29-20-8-3-2-5-18(20)19-13-32-24(25-19)26-22(27)12-30-14-9-10-16-15-6-4-7-17(15)23(28)31-21(16)11-14/h2-3,5,8-11,13H,4,6-7,12H2,1H3,(H,25,26,27). The minimum Gasteiger partial charge on any atom is -0.496 e. The number of nitrogens with one attached hydrogen (secondary N) is 1. The molecule has 162 valence electrons. The van der Waals surface area contributed by atoms with Crippen molar-refractivity contribution in [1.82, 2.24) is 4.98 Å². The van der Waals surface area contributed by atoms with Crippen molar-refractivity contribution in [3.8, 4) is 22.8 Å². The van der Waals surface area contributed by atoms with Gasteiger partial charge >= 0.3 is 5.63 Å². The van der Waals surface area contributed by atoms with Gasteiger partial charge in [-0.3, -0.25) is 10.1 Å². The van der Waals surface area contributed by atoms with E-state index in [1.165, 1.54) is 11.3 Å². The van der Waals surface area contributed by atoms with Crippen LogP contribution < -0.4 is 20.4 Å². The molecular weight excluding hydrogens is 428 g/mol. The summed E-state index contributed by atoms with van der Waals surface area (Å²) in [5.74, 6) is 0.844. The summed E-state index contributed by atoms with van der Waals surface area (Å²) in [6.07, 6.45) is 2.61. The molecule has 1 N–H and O–H groups in total. The monoisotopic (exact) mass is 448 g/mol. The molecular formula is C24H20N2O5S. The third-order valence-corrected chi connectivity index (χ3v) is 6.21. The summed E-state index contributed by atoms with van der Waals surface area (Å²) in [5.41, 5.74) is 3.62. The molecule has 0 saturated heterocycles. The normalized spacial score (nSPS) is 12.5. The lowest BCUT2D eigenvalue weighted by Gasteiger charge is -2.08. The van der Waals surface area contributed by atoms with Crippen molar-refractivity contribution in [1.29, 1.82) is 0 Å². The van der Waals surface area contributed by atoms with Gasteiger partial charge in [-0.15, -0.1) is 11.3 Å². The van der Waals surface area contributed by atoms with Crippen molar-refractivity contribution < 1.29 is 18.7 Å². The highest BCUT2D eigenvalue weighted by Crippen LogP contribution is 2.32. The van der Waals surface area contributed by atoms with E-state index in [1.54, 1.807) is 19.2 Å². The van der Waals surface area contributed by atoms with Gasteiger partial charge in [-0.1, -0.05) is 12.1 Å². The Morgan fingerprint density at radius 2 is 2.03 bits per heavy atom. The molecule has 0 fully saturated rings. The van der Waals surface area contributed by atoms with Gasteiger partial charge in [0.1, 0.15) is 17.1 Å². The number of anilines is 1. The Hall–Kier alpha value is -3.65. The molecule has 1 aliphatic carbocycles. The van der Waals surface area contributed by atoms with Crippen LogP contribution in [0, 0.1) is 0 Å². The molecule has 0 unspecified atom stereocenters. The summed E-state index contributed by atoms with van der Waals surface area (Å²) in [7, 11) is 1.61. The van der Waals surface area contributed by atoms with Crippen molar-refractivity contribution in [2.75, 3.05) is 19.0 Å². The average molecular weight is 449 g/mol. The van der Waals surface area contributed by atoms with Gasteiger partial charge in [-0.25, -0.2) is 9.78 Å². The Morgan fingerprint density at radius 1 is 1.19 bits per heavy atom. The molecule has 2 aromatic heterocycles. The first kappa shape index (κ1) is 20.3. The maximum Gasteiger partial charge on any atom is 0.339 e. The zero-order chi connectivity index (χ0) is 22.1. The number of nitrogens with zero attached hydrogens (tertiary/aromatic N) is 1. The summed E-state index contributed by atoms with van der Waals surface area (Å²) in [6.45, 7) is -0.190. The van der Waals surface area contributed by atoms with Crippen LogP contribution in [-0.2, 0) is 17.6 Å². The van der Waals surface area contributed by atoms with Crippen LogP contribution in [0.25, 0.3) is 22.2 Å². The van der Waals surface area contributed by atoms with E-state index >= 15 is 0 Å². The van der Waals surface area contributed by atoms with Crippen LogP contribution in [-0.4, -0.2) is 24.6 Å². The van der Waals surface area contributed by atoms with Gasteiger partial charge in [0.05, 0.1) is 12.8 Å². The number of methoxy groups -OCH3 is 1. The molecule has 0 saturated carbocycles. The number of para-hydroxylation sites is 1. The van der Waals surface area contributed by atoms with E-state index in [9.17, 15) is 9.59 Å². The minimum atomic E-state index is -0.332. The molecule has 0 radical (unpaired) electrons. The van der Waals surface area contributed by atoms with Gasteiger partial charge in [-0.05, 0) is 49.1 Å². The molecule has 8 heteroatoms. The SMILES string of the molecule is COc1ccccc1-c1csc(NC(=O)COc2ccc3c4c(c(=O)oc3c2)CCC4)n1. The Bertz CT molecular complexity index is 1370. The fourth-order valence-electron chi connectivity index (χ4n) is 3.97.